The van der Waals surface area contributed by atoms with Gasteiger partial charge in [-0.2, -0.15) is 0 Å². The molecule has 0 bridgehead atoms. The molecule has 4 nitrogen and oxygen atoms in total. The number of rotatable bonds is 3. The van der Waals surface area contributed by atoms with Gasteiger partial charge in [0.25, 0.3) is 11.1 Å². The van der Waals surface area contributed by atoms with E-state index in [0.29, 0.717) is 4.91 Å². The largest absolute Gasteiger partial charge is 0.347 e. The molecule has 142 valence electrons. The first-order chi connectivity index (χ1) is 13.4. The number of carbonyl (C=O) groups is 2. The Hall–Kier alpha value is -2.57. The number of hydrogen-bond acceptors (Lipinski definition) is 3. The first-order valence-electron chi connectivity index (χ1n) is 8.60. The second-order valence-electron chi connectivity index (χ2n) is 6.54. The number of imide groups is 1. The lowest BCUT2D eigenvalue weighted by atomic mass is 10.1. The molecule has 2 aromatic carbocycles. The molecule has 3 aromatic rings. The zero-order valence-electron chi connectivity index (χ0n) is 15.2. The van der Waals surface area contributed by atoms with Crippen molar-refractivity contribution in [1.29, 1.82) is 0 Å². The summed E-state index contributed by atoms with van der Waals surface area (Å²) in [6.45, 7) is 1.78. The van der Waals surface area contributed by atoms with E-state index in [0.717, 1.165) is 38.8 Å². The molecule has 1 aliphatic heterocycles. The molecule has 0 aliphatic carbocycles. The number of hydrogen-bond donors (Lipinski definition) is 0. The number of aromatic nitrogens is 1. The van der Waals surface area contributed by atoms with Crippen molar-refractivity contribution in [3.8, 4) is 0 Å². The van der Waals surface area contributed by atoms with Gasteiger partial charge in [-0.3, -0.25) is 14.5 Å². The molecule has 0 radical (unpaired) electrons. The zero-order chi connectivity index (χ0) is 20.0. The van der Waals surface area contributed by atoms with E-state index < -0.39 is 17.0 Å². The standard InChI is InChI=1S/C21H16ClFN2O2S/c1-12-14(13-6-3-4-9-18(13)24(12)2)10-19-20(26)25(21(27)28-19)11-15-16(22)7-5-8-17(15)23/h3-10H,11H2,1-2H3/b19-10-. The van der Waals surface area contributed by atoms with Gasteiger partial charge < -0.3 is 4.57 Å². The highest BCUT2D eigenvalue weighted by molar-refractivity contribution is 8.18. The minimum absolute atomic E-state index is 0.133. The third kappa shape index (κ3) is 3.02. The number of para-hydroxylation sites is 1. The van der Waals surface area contributed by atoms with E-state index in [2.05, 4.69) is 0 Å². The Morgan fingerprint density at radius 1 is 1.14 bits per heavy atom. The molecule has 1 aliphatic rings. The maximum absolute atomic E-state index is 14.1. The summed E-state index contributed by atoms with van der Waals surface area (Å²) in [7, 11) is 1.96. The van der Waals surface area contributed by atoms with Crippen LogP contribution in [0.25, 0.3) is 17.0 Å². The third-order valence-electron chi connectivity index (χ3n) is 4.98. The van der Waals surface area contributed by atoms with Crippen molar-refractivity contribution in [3.63, 3.8) is 0 Å². The van der Waals surface area contributed by atoms with E-state index in [1.54, 1.807) is 6.08 Å². The van der Waals surface area contributed by atoms with E-state index in [1.807, 2.05) is 42.8 Å². The van der Waals surface area contributed by atoms with Crippen molar-refractivity contribution in [3.05, 3.63) is 75.0 Å². The Labute approximate surface area is 170 Å². The fraction of sp³-hybridized carbons (Fsp3) is 0.143. The molecule has 0 atom stereocenters. The third-order valence-corrected chi connectivity index (χ3v) is 6.24. The molecule has 7 heteroatoms. The first kappa shape index (κ1) is 18.8. The monoisotopic (exact) mass is 414 g/mol. The fourth-order valence-corrected chi connectivity index (χ4v) is 4.38. The molecule has 0 saturated carbocycles. The summed E-state index contributed by atoms with van der Waals surface area (Å²) in [6, 6.07) is 12.2. The van der Waals surface area contributed by atoms with Crippen molar-refractivity contribution in [2.75, 3.05) is 0 Å². The lowest BCUT2D eigenvalue weighted by molar-refractivity contribution is -0.123. The van der Waals surface area contributed by atoms with E-state index in [9.17, 15) is 14.0 Å². The summed E-state index contributed by atoms with van der Waals surface area (Å²) in [5.41, 5.74) is 3.07. The summed E-state index contributed by atoms with van der Waals surface area (Å²) >= 11 is 6.90. The lowest BCUT2D eigenvalue weighted by Crippen LogP contribution is -2.28. The van der Waals surface area contributed by atoms with Gasteiger partial charge in [-0.05, 0) is 43.0 Å². The Bertz CT molecular complexity index is 1150. The van der Waals surface area contributed by atoms with Crippen LogP contribution in [0.3, 0.4) is 0 Å². The van der Waals surface area contributed by atoms with Crippen molar-refractivity contribution in [2.45, 2.75) is 13.5 Å². The highest BCUT2D eigenvalue weighted by atomic mass is 35.5. The molecule has 2 heterocycles. The molecule has 2 amide bonds. The van der Waals surface area contributed by atoms with Gasteiger partial charge in [0.15, 0.2) is 0 Å². The summed E-state index contributed by atoms with van der Waals surface area (Å²) in [5.74, 6) is -0.984. The number of thioether (sulfide) groups is 1. The smallest absolute Gasteiger partial charge is 0.293 e. The maximum atomic E-state index is 14.1. The molecule has 4 rings (SSSR count). The Kier molecular flexibility index (Phi) is 4.77. The summed E-state index contributed by atoms with van der Waals surface area (Å²) in [6.07, 6.45) is 1.74. The van der Waals surface area contributed by atoms with Crippen molar-refractivity contribution >= 4 is 51.5 Å². The normalized spacial score (nSPS) is 16.0. The molecular weight excluding hydrogens is 399 g/mol. The van der Waals surface area contributed by atoms with Crippen LogP contribution in [0.2, 0.25) is 5.02 Å². The highest BCUT2D eigenvalue weighted by Gasteiger charge is 2.36. The predicted molar refractivity (Wildman–Crippen MR) is 111 cm³/mol. The lowest BCUT2D eigenvalue weighted by Gasteiger charge is -2.14. The van der Waals surface area contributed by atoms with Gasteiger partial charge in [-0.25, -0.2) is 4.39 Å². The van der Waals surface area contributed by atoms with Crippen LogP contribution in [0, 0.1) is 12.7 Å². The quantitative estimate of drug-likeness (QED) is 0.530. The Morgan fingerprint density at radius 2 is 1.89 bits per heavy atom. The number of amides is 2. The van der Waals surface area contributed by atoms with Crippen molar-refractivity contribution in [2.24, 2.45) is 7.05 Å². The number of fused-ring (bicyclic) bond motifs is 1. The van der Waals surface area contributed by atoms with Crippen molar-refractivity contribution in [1.82, 2.24) is 9.47 Å². The first-order valence-corrected chi connectivity index (χ1v) is 9.80. The number of benzene rings is 2. The van der Waals surface area contributed by atoms with Gasteiger partial charge >= 0.3 is 0 Å². The van der Waals surface area contributed by atoms with Gasteiger partial charge in [-0.15, -0.1) is 0 Å². The van der Waals surface area contributed by atoms with E-state index in [1.165, 1.54) is 18.2 Å². The van der Waals surface area contributed by atoms with Crippen LogP contribution in [0.15, 0.2) is 47.4 Å². The van der Waals surface area contributed by atoms with Crippen LogP contribution in [0.4, 0.5) is 9.18 Å². The van der Waals surface area contributed by atoms with Crippen LogP contribution in [-0.2, 0) is 18.4 Å². The molecule has 1 fully saturated rings. The molecule has 0 unspecified atom stereocenters. The van der Waals surface area contributed by atoms with Gasteiger partial charge in [0.2, 0.25) is 0 Å². The number of aryl methyl sites for hydroxylation is 1. The summed E-state index contributed by atoms with van der Waals surface area (Å²) in [5, 5.41) is 0.757. The van der Waals surface area contributed by atoms with Gasteiger partial charge in [0.1, 0.15) is 5.82 Å². The molecule has 1 saturated heterocycles. The Morgan fingerprint density at radius 3 is 2.64 bits per heavy atom. The topological polar surface area (TPSA) is 42.3 Å². The van der Waals surface area contributed by atoms with Gasteiger partial charge in [0.05, 0.1) is 11.4 Å². The highest BCUT2D eigenvalue weighted by Crippen LogP contribution is 2.36. The van der Waals surface area contributed by atoms with Crippen LogP contribution < -0.4 is 0 Å². The van der Waals surface area contributed by atoms with E-state index in [-0.39, 0.29) is 17.1 Å². The average molecular weight is 415 g/mol. The number of carbonyl (C=O) groups excluding carboxylic acids is 2. The second kappa shape index (κ2) is 7.11. The summed E-state index contributed by atoms with van der Waals surface area (Å²) < 4.78 is 16.1. The number of nitrogens with zero attached hydrogens (tertiary/aromatic N) is 2. The van der Waals surface area contributed by atoms with Gasteiger partial charge in [-0.1, -0.05) is 35.9 Å². The SMILES string of the molecule is Cc1c(/C=C2\SC(=O)N(Cc3c(F)cccc3Cl)C2=O)c2ccccc2n1C. The van der Waals surface area contributed by atoms with E-state index in [4.69, 9.17) is 11.6 Å². The summed E-state index contributed by atoms with van der Waals surface area (Å²) in [4.78, 5) is 26.6. The molecule has 0 N–H and O–H groups in total. The molecule has 28 heavy (non-hydrogen) atoms. The van der Waals surface area contributed by atoms with Crippen molar-refractivity contribution < 1.29 is 14.0 Å². The van der Waals surface area contributed by atoms with Crippen LogP contribution in [0.5, 0.6) is 0 Å². The van der Waals surface area contributed by atoms with Crippen LogP contribution in [0.1, 0.15) is 16.8 Å². The van der Waals surface area contributed by atoms with E-state index >= 15 is 0 Å². The second-order valence-corrected chi connectivity index (χ2v) is 7.94. The number of halogens is 2. The van der Waals surface area contributed by atoms with Crippen LogP contribution in [-0.4, -0.2) is 20.6 Å². The molecule has 1 aromatic heterocycles. The minimum atomic E-state index is -0.541. The minimum Gasteiger partial charge on any atom is -0.347 e. The van der Waals surface area contributed by atoms with Crippen LogP contribution >= 0.6 is 23.4 Å². The average Bonchev–Trinajstić information content (AvgIpc) is 3.07. The zero-order valence-corrected chi connectivity index (χ0v) is 16.8. The predicted octanol–water partition coefficient (Wildman–Crippen LogP) is 5.52. The molecule has 0 spiro atoms. The fourth-order valence-electron chi connectivity index (χ4n) is 3.34. The maximum Gasteiger partial charge on any atom is 0.293 e. The molecular formula is C21H16ClFN2O2S. The Balaban J connectivity index is 1.71. The van der Waals surface area contributed by atoms with Gasteiger partial charge in [0, 0.05) is 39.8 Å².